The minimum absolute atomic E-state index is 0.0375. The number of piperazine rings is 1. The van der Waals surface area contributed by atoms with Crippen molar-refractivity contribution in [1.82, 2.24) is 24.5 Å². The highest BCUT2D eigenvalue weighted by atomic mass is 35.5. The number of aryl methyl sites for hydroxylation is 2. The zero-order valence-corrected chi connectivity index (χ0v) is 21.1. The fraction of sp³-hybridized carbons (Fsp3) is 0.560. The van der Waals surface area contributed by atoms with Crippen LogP contribution in [0.15, 0.2) is 30.5 Å². The summed E-state index contributed by atoms with van der Waals surface area (Å²) in [7, 11) is 3.89. The van der Waals surface area contributed by atoms with Crippen LogP contribution in [-0.4, -0.2) is 89.2 Å². The van der Waals surface area contributed by atoms with E-state index in [0.717, 1.165) is 39.0 Å². The normalized spacial score (nSPS) is 21.5. The highest BCUT2D eigenvalue weighted by Crippen LogP contribution is 2.36. The van der Waals surface area contributed by atoms with Crippen LogP contribution in [0, 0.1) is 12.3 Å². The van der Waals surface area contributed by atoms with Crippen LogP contribution in [0.5, 0.6) is 5.75 Å². The van der Waals surface area contributed by atoms with Crippen molar-refractivity contribution in [2.75, 3.05) is 52.9 Å². The average molecular weight is 488 g/mol. The fourth-order valence-corrected chi connectivity index (χ4v) is 5.14. The summed E-state index contributed by atoms with van der Waals surface area (Å²) in [6.45, 7) is 6.56. The minimum Gasteiger partial charge on any atom is -0.493 e. The molecule has 2 saturated heterocycles. The Kier molecular flexibility index (Phi) is 7.48. The molecule has 3 heterocycles. The van der Waals surface area contributed by atoms with Crippen LogP contribution in [0.1, 0.15) is 35.3 Å². The van der Waals surface area contributed by atoms with Crippen LogP contribution in [0.25, 0.3) is 0 Å². The predicted molar refractivity (Wildman–Crippen MR) is 131 cm³/mol. The predicted octanol–water partition coefficient (Wildman–Crippen LogP) is 2.85. The van der Waals surface area contributed by atoms with Crippen LogP contribution >= 0.6 is 11.6 Å². The molecule has 0 unspecified atom stereocenters. The molecule has 0 N–H and O–H groups in total. The van der Waals surface area contributed by atoms with E-state index in [1.54, 1.807) is 23.0 Å². The molecule has 1 atom stereocenters. The second kappa shape index (κ2) is 10.4. The fourth-order valence-electron chi connectivity index (χ4n) is 4.96. The van der Waals surface area contributed by atoms with Crippen LogP contribution in [-0.2, 0) is 11.8 Å². The third kappa shape index (κ3) is 5.73. The number of likely N-dealkylation sites (N-methyl/N-ethyl adjacent to an activating group) is 1. The summed E-state index contributed by atoms with van der Waals surface area (Å²) in [5, 5.41) is 4.93. The van der Waals surface area contributed by atoms with Gasteiger partial charge < -0.3 is 19.4 Å². The molecule has 0 spiro atoms. The van der Waals surface area contributed by atoms with E-state index < -0.39 is 5.41 Å². The summed E-state index contributed by atoms with van der Waals surface area (Å²) in [6, 6.07) is 7.30. The second-order valence-electron chi connectivity index (χ2n) is 9.74. The van der Waals surface area contributed by atoms with Crippen molar-refractivity contribution in [3.8, 4) is 5.75 Å². The molecule has 0 aliphatic carbocycles. The van der Waals surface area contributed by atoms with Crippen LogP contribution in [0.2, 0.25) is 5.02 Å². The molecule has 1 aromatic carbocycles. The van der Waals surface area contributed by atoms with Crippen LogP contribution in [0.4, 0.5) is 0 Å². The number of amides is 2. The standard InChI is InChI=1S/C25H34ClN5O3/c1-19-22(16-29(3)27-19)24(33)31-9-5-8-25(17-31,18-34-21-7-4-6-20(26)14-21)15-23(32)30-12-10-28(2)11-13-30/h4,6-7,14,16H,5,8-13,15,17-18H2,1-3H3/t25-/m0/s1. The number of rotatable bonds is 6. The molecule has 0 saturated carbocycles. The van der Waals surface area contributed by atoms with Crippen molar-refractivity contribution in [3.63, 3.8) is 0 Å². The number of hydrogen-bond donors (Lipinski definition) is 0. The van der Waals surface area contributed by atoms with Crippen LogP contribution in [0.3, 0.4) is 0 Å². The lowest BCUT2D eigenvalue weighted by atomic mass is 9.77. The summed E-state index contributed by atoms with van der Waals surface area (Å²) < 4.78 is 7.84. The highest BCUT2D eigenvalue weighted by molar-refractivity contribution is 6.30. The summed E-state index contributed by atoms with van der Waals surface area (Å²) in [4.78, 5) is 32.8. The van der Waals surface area contributed by atoms with Crippen LogP contribution < -0.4 is 4.74 Å². The monoisotopic (exact) mass is 487 g/mol. The van der Waals surface area contributed by atoms with Crippen molar-refractivity contribution < 1.29 is 14.3 Å². The van der Waals surface area contributed by atoms with Crippen molar-refractivity contribution in [2.45, 2.75) is 26.2 Å². The van der Waals surface area contributed by atoms with Gasteiger partial charge >= 0.3 is 0 Å². The maximum absolute atomic E-state index is 13.4. The van der Waals surface area contributed by atoms with E-state index >= 15 is 0 Å². The van der Waals surface area contributed by atoms with Gasteiger partial charge in [-0.1, -0.05) is 17.7 Å². The molecule has 2 aromatic rings. The van der Waals surface area contributed by atoms with Gasteiger partial charge in [-0.25, -0.2) is 0 Å². The van der Waals surface area contributed by atoms with Gasteiger partial charge in [-0.2, -0.15) is 5.10 Å². The molecule has 2 amide bonds. The maximum Gasteiger partial charge on any atom is 0.257 e. The molecule has 1 aromatic heterocycles. The Balaban J connectivity index is 1.53. The van der Waals surface area contributed by atoms with Gasteiger partial charge in [0.15, 0.2) is 0 Å². The van der Waals surface area contributed by atoms with E-state index in [4.69, 9.17) is 16.3 Å². The van der Waals surface area contributed by atoms with Gasteiger partial charge in [0.25, 0.3) is 5.91 Å². The number of halogens is 1. The topological polar surface area (TPSA) is 70.9 Å². The molecule has 2 fully saturated rings. The molecule has 184 valence electrons. The maximum atomic E-state index is 13.4. The van der Waals surface area contributed by atoms with E-state index in [2.05, 4.69) is 17.0 Å². The Labute approximate surface area is 206 Å². The molecule has 2 aliphatic heterocycles. The first-order valence-corrected chi connectivity index (χ1v) is 12.3. The Hall–Kier alpha value is -2.58. The number of carbonyl (C=O) groups is 2. The average Bonchev–Trinajstić information content (AvgIpc) is 3.15. The van der Waals surface area contributed by atoms with Crippen molar-refractivity contribution in [3.05, 3.63) is 46.7 Å². The van der Waals surface area contributed by atoms with Gasteiger partial charge in [0.1, 0.15) is 5.75 Å². The molecule has 0 radical (unpaired) electrons. The number of hydrogen-bond acceptors (Lipinski definition) is 5. The number of nitrogens with zero attached hydrogens (tertiary/aromatic N) is 5. The first-order chi connectivity index (χ1) is 16.2. The first-order valence-electron chi connectivity index (χ1n) is 11.9. The molecule has 0 bridgehead atoms. The van der Waals surface area contributed by atoms with E-state index in [1.165, 1.54) is 0 Å². The molecular weight excluding hydrogens is 454 g/mol. The Morgan fingerprint density at radius 3 is 2.56 bits per heavy atom. The number of aromatic nitrogens is 2. The zero-order chi connectivity index (χ0) is 24.3. The lowest BCUT2D eigenvalue weighted by Gasteiger charge is -2.43. The van der Waals surface area contributed by atoms with Gasteiger partial charge in [-0.15, -0.1) is 0 Å². The summed E-state index contributed by atoms with van der Waals surface area (Å²) in [6.07, 6.45) is 3.77. The van der Waals surface area contributed by atoms with Gasteiger partial charge in [-0.05, 0) is 45.0 Å². The Bertz CT molecular complexity index is 1030. The molecule has 8 nitrogen and oxygen atoms in total. The van der Waals surface area contributed by atoms with Crippen molar-refractivity contribution in [1.29, 1.82) is 0 Å². The Morgan fingerprint density at radius 2 is 1.88 bits per heavy atom. The van der Waals surface area contributed by atoms with E-state index in [9.17, 15) is 9.59 Å². The second-order valence-corrected chi connectivity index (χ2v) is 10.2. The van der Waals surface area contributed by atoms with Gasteiger partial charge in [0.2, 0.25) is 5.91 Å². The van der Waals surface area contributed by atoms with Crippen molar-refractivity contribution in [2.24, 2.45) is 12.5 Å². The number of benzene rings is 1. The first kappa shape index (κ1) is 24.5. The number of piperidine rings is 1. The summed E-state index contributed by atoms with van der Waals surface area (Å²) >= 11 is 6.14. The largest absolute Gasteiger partial charge is 0.493 e. The Morgan fingerprint density at radius 1 is 1.12 bits per heavy atom. The molecule has 9 heteroatoms. The molecular formula is C25H34ClN5O3. The smallest absolute Gasteiger partial charge is 0.257 e. The van der Waals surface area contributed by atoms with E-state index in [-0.39, 0.29) is 11.8 Å². The summed E-state index contributed by atoms with van der Waals surface area (Å²) in [5.41, 5.74) is 0.860. The zero-order valence-electron chi connectivity index (χ0n) is 20.3. The minimum atomic E-state index is -0.466. The summed E-state index contributed by atoms with van der Waals surface area (Å²) in [5.74, 6) is 0.768. The van der Waals surface area contributed by atoms with Gasteiger partial charge in [0, 0.05) is 69.4 Å². The van der Waals surface area contributed by atoms with Crippen molar-refractivity contribution >= 4 is 23.4 Å². The SMILES string of the molecule is Cc1nn(C)cc1C(=O)N1CCC[C@](COc2cccc(Cl)c2)(CC(=O)N2CCN(C)CC2)C1. The lowest BCUT2D eigenvalue weighted by Crippen LogP contribution is -2.53. The van der Waals surface area contributed by atoms with Gasteiger partial charge in [0.05, 0.1) is 17.9 Å². The van der Waals surface area contributed by atoms with Gasteiger partial charge in [-0.3, -0.25) is 14.3 Å². The number of likely N-dealkylation sites (tertiary alicyclic amines) is 1. The third-order valence-electron chi connectivity index (χ3n) is 6.92. The van der Waals surface area contributed by atoms with E-state index in [1.807, 2.05) is 35.9 Å². The molecule has 2 aliphatic rings. The highest BCUT2D eigenvalue weighted by Gasteiger charge is 2.41. The third-order valence-corrected chi connectivity index (χ3v) is 7.15. The molecule has 34 heavy (non-hydrogen) atoms. The lowest BCUT2D eigenvalue weighted by molar-refractivity contribution is -0.137. The number of ether oxygens (including phenoxy) is 1. The van der Waals surface area contributed by atoms with E-state index in [0.29, 0.717) is 48.1 Å². The number of carbonyl (C=O) groups excluding carboxylic acids is 2. The molecule has 4 rings (SSSR count). The quantitative estimate of drug-likeness (QED) is 0.626.